The van der Waals surface area contributed by atoms with E-state index >= 15 is 0 Å². The molecule has 0 spiro atoms. The smallest absolute Gasteiger partial charge is 0.276 e. The van der Waals surface area contributed by atoms with E-state index < -0.39 is 17.9 Å². The first-order chi connectivity index (χ1) is 14.5. The van der Waals surface area contributed by atoms with Crippen LogP contribution in [0.1, 0.15) is 39.3 Å². The van der Waals surface area contributed by atoms with E-state index in [1.165, 1.54) is 15.7 Å². The van der Waals surface area contributed by atoms with E-state index in [2.05, 4.69) is 25.9 Å². The Hall–Kier alpha value is -4.15. The molecule has 2 aliphatic rings. The third-order valence-corrected chi connectivity index (χ3v) is 5.18. The molecule has 0 bridgehead atoms. The van der Waals surface area contributed by atoms with Gasteiger partial charge in [0.15, 0.2) is 5.65 Å². The number of hydrogen-bond donors (Lipinski definition) is 2. The number of benzene rings is 1. The van der Waals surface area contributed by atoms with Crippen molar-refractivity contribution in [2.75, 3.05) is 5.32 Å². The average Bonchev–Trinajstić information content (AvgIpc) is 3.32. The van der Waals surface area contributed by atoms with Gasteiger partial charge in [0.1, 0.15) is 18.1 Å². The number of aromatic nitrogens is 4. The van der Waals surface area contributed by atoms with Crippen molar-refractivity contribution in [3.05, 3.63) is 53.5 Å². The van der Waals surface area contributed by atoms with Crippen LogP contribution in [0.2, 0.25) is 0 Å². The molecule has 1 saturated heterocycles. The maximum absolute atomic E-state index is 12.7. The molecule has 4 amide bonds. The molecule has 2 aliphatic heterocycles. The summed E-state index contributed by atoms with van der Waals surface area (Å²) in [5.74, 6) is -1.48. The van der Waals surface area contributed by atoms with E-state index in [1.54, 1.807) is 30.3 Å². The van der Waals surface area contributed by atoms with Crippen LogP contribution >= 0.6 is 0 Å². The molecule has 0 aliphatic carbocycles. The van der Waals surface area contributed by atoms with Gasteiger partial charge in [0.25, 0.3) is 11.8 Å². The maximum atomic E-state index is 12.7. The molecule has 0 radical (unpaired) electrons. The molecule has 2 N–H and O–H groups in total. The Bertz CT molecular complexity index is 1230. The summed E-state index contributed by atoms with van der Waals surface area (Å²) in [5.41, 5.74) is 2.38. The predicted octanol–water partition coefficient (Wildman–Crippen LogP) is 0.138. The number of anilines is 1. The molecular formula is C19H15N7O4. The van der Waals surface area contributed by atoms with Gasteiger partial charge in [-0.15, -0.1) is 10.2 Å². The van der Waals surface area contributed by atoms with Gasteiger partial charge in [0.05, 0.1) is 0 Å². The average molecular weight is 405 g/mol. The lowest BCUT2D eigenvalue weighted by atomic mass is 10.0. The first kappa shape index (κ1) is 17.9. The number of hydrogen-bond acceptors (Lipinski definition) is 7. The molecule has 1 unspecified atom stereocenters. The second kappa shape index (κ2) is 6.72. The van der Waals surface area contributed by atoms with Gasteiger partial charge in [-0.2, -0.15) is 9.61 Å². The zero-order valence-corrected chi connectivity index (χ0v) is 15.5. The largest absolute Gasteiger partial charge is 0.322 e. The van der Waals surface area contributed by atoms with Crippen molar-refractivity contribution in [2.45, 2.75) is 25.4 Å². The van der Waals surface area contributed by atoms with Crippen LogP contribution in [0.5, 0.6) is 0 Å². The Morgan fingerprint density at radius 3 is 2.87 bits per heavy atom. The van der Waals surface area contributed by atoms with Crippen molar-refractivity contribution in [3.8, 4) is 0 Å². The SMILES string of the molecule is O=C1CCC(N2Cc3cc(NC(=O)c4ccc5nncn5n4)ccc3C2=O)C(=O)N1. The van der Waals surface area contributed by atoms with Gasteiger partial charge in [-0.05, 0) is 42.3 Å². The highest BCUT2D eigenvalue weighted by atomic mass is 16.2. The number of carbonyl (C=O) groups is 4. The Labute approximate surface area is 169 Å². The standard InChI is InChI=1S/C19H15N7O4/c27-16-6-4-14(18(29)22-16)25-8-10-7-11(1-2-12(10)19(25)30)21-17(28)13-3-5-15-23-20-9-26(15)24-13/h1-3,5,7,9,14H,4,6,8H2,(H,21,28)(H,22,27,29). The molecule has 150 valence electrons. The Kier molecular flexibility index (Phi) is 4.02. The van der Waals surface area contributed by atoms with Gasteiger partial charge in [0, 0.05) is 24.2 Å². The summed E-state index contributed by atoms with van der Waals surface area (Å²) in [5, 5.41) is 16.7. The molecule has 0 saturated carbocycles. The zero-order chi connectivity index (χ0) is 20.8. The van der Waals surface area contributed by atoms with Crippen molar-refractivity contribution in [3.63, 3.8) is 0 Å². The predicted molar refractivity (Wildman–Crippen MR) is 101 cm³/mol. The number of nitrogens with one attached hydrogen (secondary N) is 2. The number of nitrogens with zero attached hydrogens (tertiary/aromatic N) is 5. The number of amides is 4. The fraction of sp³-hybridized carbons (Fsp3) is 0.211. The molecule has 4 heterocycles. The minimum atomic E-state index is -0.680. The topological polar surface area (TPSA) is 139 Å². The fourth-order valence-corrected chi connectivity index (χ4v) is 3.70. The normalized spacial score (nSPS) is 18.5. The molecule has 1 atom stereocenters. The lowest BCUT2D eigenvalue weighted by Gasteiger charge is -2.29. The monoisotopic (exact) mass is 405 g/mol. The van der Waals surface area contributed by atoms with Crippen molar-refractivity contribution >= 4 is 35.0 Å². The van der Waals surface area contributed by atoms with E-state index in [0.717, 1.165) is 0 Å². The summed E-state index contributed by atoms with van der Waals surface area (Å²) in [7, 11) is 0. The summed E-state index contributed by atoms with van der Waals surface area (Å²) in [6, 6.07) is 7.44. The van der Waals surface area contributed by atoms with Gasteiger partial charge < -0.3 is 10.2 Å². The Morgan fingerprint density at radius 1 is 1.17 bits per heavy atom. The molecular weight excluding hydrogens is 390 g/mol. The number of imide groups is 1. The second-order valence-corrected chi connectivity index (χ2v) is 7.08. The third kappa shape index (κ3) is 2.96. The summed E-state index contributed by atoms with van der Waals surface area (Å²) in [6.07, 6.45) is 1.89. The van der Waals surface area contributed by atoms with Crippen LogP contribution in [0.4, 0.5) is 5.69 Å². The van der Waals surface area contributed by atoms with Crippen LogP contribution in [0, 0.1) is 0 Å². The number of piperidine rings is 1. The van der Waals surface area contributed by atoms with Crippen LogP contribution in [0.25, 0.3) is 5.65 Å². The Morgan fingerprint density at radius 2 is 2.03 bits per heavy atom. The summed E-state index contributed by atoms with van der Waals surface area (Å²) in [4.78, 5) is 50.2. The highest BCUT2D eigenvalue weighted by Gasteiger charge is 2.39. The maximum Gasteiger partial charge on any atom is 0.276 e. The highest BCUT2D eigenvalue weighted by molar-refractivity contribution is 6.06. The van der Waals surface area contributed by atoms with E-state index in [0.29, 0.717) is 28.9 Å². The quantitative estimate of drug-likeness (QED) is 0.591. The van der Waals surface area contributed by atoms with Gasteiger partial charge in [-0.1, -0.05) is 0 Å². The zero-order valence-electron chi connectivity index (χ0n) is 15.5. The molecule has 3 aromatic rings. The van der Waals surface area contributed by atoms with E-state index in [9.17, 15) is 19.2 Å². The minimum absolute atomic E-state index is 0.184. The first-order valence-corrected chi connectivity index (χ1v) is 9.25. The van der Waals surface area contributed by atoms with Crippen molar-refractivity contribution in [2.24, 2.45) is 0 Å². The molecule has 5 rings (SSSR count). The highest BCUT2D eigenvalue weighted by Crippen LogP contribution is 2.29. The fourth-order valence-electron chi connectivity index (χ4n) is 3.70. The number of carbonyl (C=O) groups excluding carboxylic acids is 4. The van der Waals surface area contributed by atoms with Crippen LogP contribution in [-0.4, -0.2) is 54.4 Å². The summed E-state index contributed by atoms with van der Waals surface area (Å²) >= 11 is 0. The van der Waals surface area contributed by atoms with Crippen molar-refractivity contribution < 1.29 is 19.2 Å². The first-order valence-electron chi connectivity index (χ1n) is 9.25. The molecule has 1 fully saturated rings. The van der Waals surface area contributed by atoms with E-state index in [4.69, 9.17) is 0 Å². The summed E-state index contributed by atoms with van der Waals surface area (Å²) in [6.45, 7) is 0.231. The van der Waals surface area contributed by atoms with Gasteiger partial charge >= 0.3 is 0 Å². The molecule has 11 heteroatoms. The van der Waals surface area contributed by atoms with E-state index in [-0.39, 0.29) is 30.5 Å². The minimum Gasteiger partial charge on any atom is -0.322 e. The lowest BCUT2D eigenvalue weighted by Crippen LogP contribution is -2.52. The second-order valence-electron chi connectivity index (χ2n) is 7.08. The molecule has 1 aromatic carbocycles. The third-order valence-electron chi connectivity index (χ3n) is 5.18. The molecule has 30 heavy (non-hydrogen) atoms. The van der Waals surface area contributed by atoms with Crippen LogP contribution < -0.4 is 10.6 Å². The van der Waals surface area contributed by atoms with Gasteiger partial charge in [-0.3, -0.25) is 24.5 Å². The van der Waals surface area contributed by atoms with Gasteiger partial charge in [-0.25, -0.2) is 0 Å². The van der Waals surface area contributed by atoms with Crippen molar-refractivity contribution in [1.82, 2.24) is 30.0 Å². The number of fused-ring (bicyclic) bond motifs is 2. The van der Waals surface area contributed by atoms with Crippen molar-refractivity contribution in [1.29, 1.82) is 0 Å². The number of rotatable bonds is 3. The van der Waals surface area contributed by atoms with Crippen LogP contribution in [0.3, 0.4) is 0 Å². The Balaban J connectivity index is 1.34. The van der Waals surface area contributed by atoms with Crippen LogP contribution in [0.15, 0.2) is 36.7 Å². The molecule has 2 aromatic heterocycles. The summed E-state index contributed by atoms with van der Waals surface area (Å²) < 4.78 is 1.40. The molecule has 11 nitrogen and oxygen atoms in total. The lowest BCUT2D eigenvalue weighted by molar-refractivity contribution is -0.136. The van der Waals surface area contributed by atoms with Crippen LogP contribution in [-0.2, 0) is 16.1 Å². The van der Waals surface area contributed by atoms with Gasteiger partial charge in [0.2, 0.25) is 11.8 Å². The van der Waals surface area contributed by atoms with E-state index in [1.807, 2.05) is 0 Å².